The van der Waals surface area contributed by atoms with Crippen LogP contribution in [-0.4, -0.2) is 92.5 Å². The molecule has 1 aliphatic rings. The molecule has 2 rings (SSSR count). The molecule has 1 aliphatic heterocycles. The van der Waals surface area contributed by atoms with Gasteiger partial charge in [-0.05, 0) is 51.3 Å². The summed E-state index contributed by atoms with van der Waals surface area (Å²) in [7, 11) is 0. The lowest BCUT2D eigenvalue weighted by atomic mass is 9.82. The smallest absolute Gasteiger partial charge is 0.431 e. The number of ether oxygens (including phenoxy) is 6. The van der Waals surface area contributed by atoms with Crippen molar-refractivity contribution in [2.24, 2.45) is 11.8 Å². The Morgan fingerprint density at radius 1 is 0.955 bits per heavy atom. The lowest BCUT2D eigenvalue weighted by Gasteiger charge is -2.42. The second kappa shape index (κ2) is 17.9. The van der Waals surface area contributed by atoms with Crippen molar-refractivity contribution in [3.63, 3.8) is 0 Å². The first-order chi connectivity index (χ1) is 20.7. The van der Waals surface area contributed by atoms with Crippen LogP contribution in [0.2, 0.25) is 0 Å². The van der Waals surface area contributed by atoms with E-state index in [2.05, 4.69) is 10.8 Å². The van der Waals surface area contributed by atoms with Gasteiger partial charge in [-0.15, -0.1) is 0 Å². The maximum absolute atomic E-state index is 13.1. The van der Waals surface area contributed by atoms with Gasteiger partial charge in [-0.2, -0.15) is 5.48 Å². The highest BCUT2D eigenvalue weighted by atomic mass is 16.7. The molecule has 0 spiro atoms. The Labute approximate surface area is 257 Å². The second-order valence-electron chi connectivity index (χ2n) is 11.4. The van der Waals surface area contributed by atoms with Crippen LogP contribution in [0.4, 0.5) is 4.79 Å². The molecule has 14 nitrogen and oxygen atoms in total. The number of benzene rings is 1. The quantitative estimate of drug-likeness (QED) is 0.139. The Balaban J connectivity index is 1.86. The van der Waals surface area contributed by atoms with Crippen molar-refractivity contribution >= 4 is 23.8 Å². The third-order valence-electron chi connectivity index (χ3n) is 6.58. The van der Waals surface area contributed by atoms with Gasteiger partial charge in [0.1, 0.15) is 17.5 Å². The summed E-state index contributed by atoms with van der Waals surface area (Å²) in [5.74, 6) is -1.60. The van der Waals surface area contributed by atoms with Gasteiger partial charge in [-0.25, -0.2) is 4.79 Å². The van der Waals surface area contributed by atoms with Crippen LogP contribution in [0.1, 0.15) is 64.4 Å². The number of carbonyl (C=O) groups is 4. The van der Waals surface area contributed by atoms with E-state index in [0.29, 0.717) is 5.56 Å². The zero-order chi connectivity index (χ0) is 32.9. The fourth-order valence-electron chi connectivity index (χ4n) is 4.33. The molecular formula is C30H46N2O12. The highest BCUT2D eigenvalue weighted by molar-refractivity contribution is 5.97. The molecule has 0 bridgehead atoms. The molecule has 44 heavy (non-hydrogen) atoms. The number of aliphatic hydroxyl groups is 1. The van der Waals surface area contributed by atoms with E-state index in [-0.39, 0.29) is 75.1 Å². The first-order valence-corrected chi connectivity index (χ1v) is 14.5. The summed E-state index contributed by atoms with van der Waals surface area (Å²) in [5.41, 5.74) is 2.13. The average molecular weight is 627 g/mol. The van der Waals surface area contributed by atoms with E-state index in [9.17, 15) is 24.3 Å². The lowest BCUT2D eigenvalue weighted by Crippen LogP contribution is -2.55. The van der Waals surface area contributed by atoms with Gasteiger partial charge in [0.15, 0.2) is 11.9 Å². The van der Waals surface area contributed by atoms with Gasteiger partial charge in [-0.1, -0.05) is 19.9 Å². The van der Waals surface area contributed by atoms with E-state index in [1.165, 1.54) is 26.0 Å². The summed E-state index contributed by atoms with van der Waals surface area (Å²) in [6.07, 6.45) is -3.44. The molecule has 0 unspecified atom stereocenters. The summed E-state index contributed by atoms with van der Waals surface area (Å²) in [6, 6.07) is 4.59. The Bertz CT molecular complexity index is 1110. The molecule has 5 atom stereocenters. The van der Waals surface area contributed by atoms with Crippen LogP contribution in [0.3, 0.4) is 0 Å². The molecular weight excluding hydrogens is 580 g/mol. The molecule has 1 saturated heterocycles. The second-order valence-corrected chi connectivity index (χ2v) is 11.4. The molecule has 0 aliphatic carbocycles. The summed E-state index contributed by atoms with van der Waals surface area (Å²) >= 11 is 0. The van der Waals surface area contributed by atoms with Crippen LogP contribution in [0.5, 0.6) is 5.75 Å². The molecule has 0 saturated carbocycles. The lowest BCUT2D eigenvalue weighted by molar-refractivity contribution is -0.242. The minimum atomic E-state index is -1.15. The van der Waals surface area contributed by atoms with Crippen LogP contribution in [0.25, 0.3) is 0 Å². The number of hydrogen-bond acceptors (Lipinski definition) is 12. The number of esters is 1. The molecule has 14 heteroatoms. The molecule has 0 aromatic heterocycles. The van der Waals surface area contributed by atoms with Gasteiger partial charge in [0.25, 0.3) is 5.91 Å². The summed E-state index contributed by atoms with van der Waals surface area (Å²) < 4.78 is 33.4. The van der Waals surface area contributed by atoms with Crippen LogP contribution in [-0.2, 0) is 44.7 Å². The number of aliphatic hydroxyl groups excluding tert-OH is 1. The average Bonchev–Trinajstić information content (AvgIpc) is 2.94. The number of hydrogen-bond donors (Lipinski definition) is 3. The number of carbonyl (C=O) groups excluding carboxylic acids is 4. The number of rotatable bonds is 16. The van der Waals surface area contributed by atoms with E-state index >= 15 is 0 Å². The molecule has 248 valence electrons. The SMILES string of the molecule is CC(=O)O[C@H]1[C@H](Oc2ccc(CO)cc2C(=O)NCCOCCOCCONC(=O)OC(C)(C)C)O[C@H](C(C)=O)[C@@H](C)[C@@H]1C. The standard InChI is InChI=1S/C30H46N2O12/c1-18-19(2)26(41-21(4)35)28(43-25(18)20(3)34)42-24-9-8-22(17-33)16-23(24)27(36)31-10-11-38-12-13-39-14-15-40-32-29(37)44-30(5,6)7/h8-9,16,18-19,25-26,28,33H,10-15,17H2,1-7H3,(H,31,36)(H,32,37)/t18-,19-,25-,26+,28+/m0/s1. The zero-order valence-electron chi connectivity index (χ0n) is 26.5. The molecule has 1 aromatic rings. The highest BCUT2D eigenvalue weighted by Gasteiger charge is 2.46. The Kier molecular flexibility index (Phi) is 15.0. The van der Waals surface area contributed by atoms with Gasteiger partial charge in [-0.3, -0.25) is 19.2 Å². The van der Waals surface area contributed by atoms with E-state index in [1.54, 1.807) is 26.8 Å². The van der Waals surface area contributed by atoms with Crippen molar-refractivity contribution < 1.29 is 57.5 Å². The molecule has 0 radical (unpaired) electrons. The molecule has 3 N–H and O–H groups in total. The summed E-state index contributed by atoms with van der Waals surface area (Å²) in [5, 5.41) is 12.4. The van der Waals surface area contributed by atoms with Gasteiger partial charge in [0.2, 0.25) is 6.29 Å². The van der Waals surface area contributed by atoms with Crippen molar-refractivity contribution in [2.75, 3.05) is 39.6 Å². The number of amides is 2. The van der Waals surface area contributed by atoms with Crippen LogP contribution < -0.4 is 15.5 Å². The fraction of sp³-hybridized carbons (Fsp3) is 0.667. The topological polar surface area (TPSA) is 177 Å². The van der Waals surface area contributed by atoms with Crippen molar-refractivity contribution in [1.82, 2.24) is 10.8 Å². The molecule has 1 fully saturated rings. The fourth-order valence-corrected chi connectivity index (χ4v) is 4.33. The third kappa shape index (κ3) is 12.4. The summed E-state index contributed by atoms with van der Waals surface area (Å²) in [6.45, 7) is 12.5. The van der Waals surface area contributed by atoms with E-state index in [4.69, 9.17) is 33.3 Å². The Hall–Kier alpha value is -3.30. The largest absolute Gasteiger partial charge is 0.460 e. The number of hydroxylamine groups is 1. The first kappa shape index (κ1) is 36.9. The van der Waals surface area contributed by atoms with E-state index in [0.717, 1.165) is 0 Å². The van der Waals surface area contributed by atoms with Crippen molar-refractivity contribution in [2.45, 2.75) is 79.2 Å². The third-order valence-corrected chi connectivity index (χ3v) is 6.58. The van der Waals surface area contributed by atoms with Crippen LogP contribution >= 0.6 is 0 Å². The monoisotopic (exact) mass is 626 g/mol. The van der Waals surface area contributed by atoms with Crippen molar-refractivity contribution in [3.05, 3.63) is 29.3 Å². The maximum Gasteiger partial charge on any atom is 0.431 e. The normalized spacial score (nSPS) is 21.7. The van der Waals surface area contributed by atoms with E-state index in [1.807, 2.05) is 13.8 Å². The van der Waals surface area contributed by atoms with Gasteiger partial charge in [0, 0.05) is 19.4 Å². The zero-order valence-corrected chi connectivity index (χ0v) is 26.5. The van der Waals surface area contributed by atoms with Crippen LogP contribution in [0, 0.1) is 11.8 Å². The molecule has 2 amide bonds. The van der Waals surface area contributed by atoms with Gasteiger partial charge >= 0.3 is 12.1 Å². The van der Waals surface area contributed by atoms with Crippen molar-refractivity contribution in [3.8, 4) is 5.75 Å². The Morgan fingerprint density at radius 2 is 1.61 bits per heavy atom. The maximum atomic E-state index is 13.1. The first-order valence-electron chi connectivity index (χ1n) is 14.5. The number of nitrogens with one attached hydrogen (secondary N) is 2. The molecule has 1 aromatic carbocycles. The van der Waals surface area contributed by atoms with Crippen LogP contribution in [0.15, 0.2) is 18.2 Å². The van der Waals surface area contributed by atoms with E-state index < -0.39 is 42.1 Å². The predicted octanol–water partition coefficient (Wildman–Crippen LogP) is 2.29. The molecule has 1 heterocycles. The minimum Gasteiger partial charge on any atom is -0.460 e. The minimum absolute atomic E-state index is 0.119. The highest BCUT2D eigenvalue weighted by Crippen LogP contribution is 2.35. The predicted molar refractivity (Wildman–Crippen MR) is 156 cm³/mol. The van der Waals surface area contributed by atoms with Crippen molar-refractivity contribution in [1.29, 1.82) is 0 Å². The van der Waals surface area contributed by atoms with Gasteiger partial charge in [0.05, 0.1) is 45.2 Å². The summed E-state index contributed by atoms with van der Waals surface area (Å²) in [4.78, 5) is 53.6. The number of ketones is 1. The Morgan fingerprint density at radius 3 is 2.23 bits per heavy atom. The number of Topliss-reactive ketones (excluding diaryl/α,β-unsaturated/α-hetero) is 1. The van der Waals surface area contributed by atoms with Gasteiger partial charge < -0.3 is 38.8 Å².